The van der Waals surface area contributed by atoms with Crippen LogP contribution < -0.4 is 10.1 Å². The molecule has 0 bridgehead atoms. The molecule has 1 aliphatic carbocycles. The number of halogens is 1. The maximum absolute atomic E-state index is 14.7. The van der Waals surface area contributed by atoms with Gasteiger partial charge in [0.25, 0.3) is 0 Å². The SMILES string of the molecule is CCC(=O)c1cc(CCc2cnc(Nc3cnn(C4CCCC4)c3)nc2)c(F)c(OC)c1. The maximum Gasteiger partial charge on any atom is 0.227 e. The van der Waals surface area contributed by atoms with E-state index in [-0.39, 0.29) is 11.5 Å². The van der Waals surface area contributed by atoms with E-state index in [9.17, 15) is 9.18 Å². The van der Waals surface area contributed by atoms with Crippen molar-refractivity contribution < 1.29 is 13.9 Å². The van der Waals surface area contributed by atoms with E-state index in [0.29, 0.717) is 42.4 Å². The average molecular weight is 438 g/mol. The van der Waals surface area contributed by atoms with Crippen molar-refractivity contribution in [1.29, 1.82) is 0 Å². The van der Waals surface area contributed by atoms with E-state index in [1.807, 2.05) is 10.9 Å². The van der Waals surface area contributed by atoms with Gasteiger partial charge in [0.05, 0.1) is 25.0 Å². The molecule has 7 nitrogen and oxygen atoms in total. The van der Waals surface area contributed by atoms with Crippen LogP contribution in [0.25, 0.3) is 0 Å². The highest BCUT2D eigenvalue weighted by Gasteiger charge is 2.18. The van der Waals surface area contributed by atoms with Gasteiger partial charge in [-0.05, 0) is 48.9 Å². The van der Waals surface area contributed by atoms with E-state index in [1.54, 1.807) is 31.6 Å². The summed E-state index contributed by atoms with van der Waals surface area (Å²) in [5, 5.41) is 7.63. The Kier molecular flexibility index (Phi) is 6.78. The molecule has 8 heteroatoms. The summed E-state index contributed by atoms with van der Waals surface area (Å²) >= 11 is 0. The molecule has 0 saturated heterocycles. The number of aryl methyl sites for hydroxylation is 2. The Morgan fingerprint density at radius 3 is 2.62 bits per heavy atom. The Hall–Kier alpha value is -3.29. The lowest BCUT2D eigenvalue weighted by atomic mass is 10.00. The standard InChI is InChI=1S/C24H28FN5O2/c1-3-21(31)18-10-17(23(25)22(11-18)32-2)9-8-16-12-26-24(27-13-16)29-19-14-28-30(15-19)20-6-4-5-7-20/h10-15,20H,3-9H2,1-2H3,(H,26,27,29). The fourth-order valence-electron chi connectivity index (χ4n) is 4.08. The molecule has 32 heavy (non-hydrogen) atoms. The lowest BCUT2D eigenvalue weighted by Crippen LogP contribution is -2.05. The first-order valence-electron chi connectivity index (χ1n) is 11.1. The van der Waals surface area contributed by atoms with E-state index in [2.05, 4.69) is 20.4 Å². The third kappa shape index (κ3) is 4.95. The molecule has 0 radical (unpaired) electrons. The molecule has 1 fully saturated rings. The molecule has 3 aromatic rings. The Morgan fingerprint density at radius 1 is 1.19 bits per heavy atom. The average Bonchev–Trinajstić information content (AvgIpc) is 3.51. The van der Waals surface area contributed by atoms with Crippen LogP contribution >= 0.6 is 0 Å². The zero-order valence-electron chi connectivity index (χ0n) is 18.5. The van der Waals surface area contributed by atoms with Gasteiger partial charge < -0.3 is 10.1 Å². The normalized spacial score (nSPS) is 14.0. The molecule has 168 valence electrons. The molecule has 0 aliphatic heterocycles. The Labute approximate surface area is 187 Å². The third-order valence-electron chi connectivity index (χ3n) is 5.92. The number of aromatic nitrogens is 4. The van der Waals surface area contributed by atoms with Crippen molar-refractivity contribution >= 4 is 17.4 Å². The molecule has 1 aromatic carbocycles. The summed E-state index contributed by atoms with van der Waals surface area (Å²) in [4.78, 5) is 20.8. The van der Waals surface area contributed by atoms with Crippen molar-refractivity contribution in [3.05, 3.63) is 59.4 Å². The number of ether oxygens (including phenoxy) is 1. The topological polar surface area (TPSA) is 81.9 Å². The summed E-state index contributed by atoms with van der Waals surface area (Å²) in [6.07, 6.45) is 13.4. The molecule has 1 aliphatic rings. The largest absolute Gasteiger partial charge is 0.494 e. The monoisotopic (exact) mass is 437 g/mol. The fourth-order valence-corrected chi connectivity index (χ4v) is 4.08. The Balaban J connectivity index is 1.39. The number of carbonyl (C=O) groups is 1. The first-order valence-corrected chi connectivity index (χ1v) is 11.1. The highest BCUT2D eigenvalue weighted by atomic mass is 19.1. The van der Waals surface area contributed by atoms with E-state index in [4.69, 9.17) is 4.74 Å². The quantitative estimate of drug-likeness (QED) is 0.472. The number of nitrogens with zero attached hydrogens (tertiary/aromatic N) is 4. The maximum atomic E-state index is 14.7. The van der Waals surface area contributed by atoms with E-state index in [0.717, 1.165) is 11.3 Å². The first kappa shape index (κ1) is 21.9. The molecule has 0 spiro atoms. The zero-order chi connectivity index (χ0) is 22.5. The van der Waals surface area contributed by atoms with Crippen molar-refractivity contribution in [2.45, 2.75) is 57.9 Å². The van der Waals surface area contributed by atoms with Gasteiger partial charge in [-0.25, -0.2) is 14.4 Å². The summed E-state index contributed by atoms with van der Waals surface area (Å²) in [6, 6.07) is 3.56. The zero-order valence-corrected chi connectivity index (χ0v) is 18.5. The van der Waals surface area contributed by atoms with Crippen molar-refractivity contribution in [3.63, 3.8) is 0 Å². The van der Waals surface area contributed by atoms with Crippen LogP contribution in [0.1, 0.15) is 66.6 Å². The van der Waals surface area contributed by atoms with Gasteiger partial charge in [-0.1, -0.05) is 19.8 Å². The van der Waals surface area contributed by atoms with E-state index >= 15 is 0 Å². The molecular formula is C24H28FN5O2. The van der Waals surface area contributed by atoms with Crippen LogP contribution in [0, 0.1) is 5.82 Å². The van der Waals surface area contributed by atoms with Crippen molar-refractivity contribution in [3.8, 4) is 5.75 Å². The number of anilines is 2. The minimum absolute atomic E-state index is 0.0421. The number of nitrogens with one attached hydrogen (secondary N) is 1. The smallest absolute Gasteiger partial charge is 0.227 e. The number of hydrogen-bond donors (Lipinski definition) is 1. The minimum Gasteiger partial charge on any atom is -0.494 e. The lowest BCUT2D eigenvalue weighted by Gasteiger charge is -2.11. The van der Waals surface area contributed by atoms with Crippen LogP contribution in [0.2, 0.25) is 0 Å². The molecule has 0 atom stereocenters. The van der Waals surface area contributed by atoms with Crippen molar-refractivity contribution in [1.82, 2.24) is 19.7 Å². The molecule has 0 unspecified atom stereocenters. The number of carbonyl (C=O) groups excluding carboxylic acids is 1. The van der Waals surface area contributed by atoms with Crippen LogP contribution in [0.15, 0.2) is 36.9 Å². The second kappa shape index (κ2) is 9.89. The molecule has 2 heterocycles. The van der Waals surface area contributed by atoms with Crippen LogP contribution in [0.3, 0.4) is 0 Å². The van der Waals surface area contributed by atoms with Gasteiger partial charge in [-0.2, -0.15) is 5.10 Å². The summed E-state index contributed by atoms with van der Waals surface area (Å²) in [5.41, 5.74) is 2.65. The van der Waals surface area contributed by atoms with Gasteiger partial charge in [0.1, 0.15) is 0 Å². The van der Waals surface area contributed by atoms with Crippen LogP contribution in [-0.2, 0) is 12.8 Å². The molecule has 2 aromatic heterocycles. The van der Waals surface area contributed by atoms with Gasteiger partial charge in [-0.3, -0.25) is 9.48 Å². The molecule has 0 amide bonds. The number of rotatable bonds is 9. The summed E-state index contributed by atoms with van der Waals surface area (Å²) in [6.45, 7) is 1.78. The number of methoxy groups -OCH3 is 1. The predicted octanol–water partition coefficient (Wildman–Crippen LogP) is 5.06. The second-order valence-corrected chi connectivity index (χ2v) is 8.12. The first-order chi connectivity index (χ1) is 15.6. The van der Waals surface area contributed by atoms with Crippen molar-refractivity contribution in [2.75, 3.05) is 12.4 Å². The van der Waals surface area contributed by atoms with Crippen LogP contribution in [-0.4, -0.2) is 32.6 Å². The second-order valence-electron chi connectivity index (χ2n) is 8.12. The third-order valence-corrected chi connectivity index (χ3v) is 5.92. The summed E-state index contributed by atoms with van der Waals surface area (Å²) in [5.74, 6) is 0.106. The fraction of sp³-hybridized carbons (Fsp3) is 0.417. The summed E-state index contributed by atoms with van der Waals surface area (Å²) in [7, 11) is 1.40. The van der Waals surface area contributed by atoms with Crippen LogP contribution in [0.5, 0.6) is 5.75 Å². The van der Waals surface area contributed by atoms with Gasteiger partial charge in [0.2, 0.25) is 5.95 Å². The van der Waals surface area contributed by atoms with Gasteiger partial charge >= 0.3 is 0 Å². The van der Waals surface area contributed by atoms with Gasteiger partial charge in [0, 0.05) is 30.6 Å². The molecule has 1 N–H and O–H groups in total. The lowest BCUT2D eigenvalue weighted by molar-refractivity contribution is 0.0987. The van der Waals surface area contributed by atoms with Gasteiger partial charge in [-0.15, -0.1) is 0 Å². The Bertz CT molecular complexity index is 1070. The Morgan fingerprint density at radius 2 is 1.94 bits per heavy atom. The van der Waals surface area contributed by atoms with E-state index < -0.39 is 5.82 Å². The molecule has 1 saturated carbocycles. The number of benzene rings is 1. The predicted molar refractivity (Wildman–Crippen MR) is 120 cm³/mol. The number of hydrogen-bond acceptors (Lipinski definition) is 6. The minimum atomic E-state index is -0.432. The van der Waals surface area contributed by atoms with Crippen LogP contribution in [0.4, 0.5) is 16.0 Å². The number of Topliss-reactive ketones (excluding diaryl/α,β-unsaturated/α-hetero) is 1. The van der Waals surface area contributed by atoms with E-state index in [1.165, 1.54) is 38.9 Å². The van der Waals surface area contributed by atoms with Gasteiger partial charge in [0.15, 0.2) is 17.3 Å². The summed E-state index contributed by atoms with van der Waals surface area (Å²) < 4.78 is 21.8. The molecular weight excluding hydrogens is 409 g/mol. The highest BCUT2D eigenvalue weighted by Crippen LogP contribution is 2.30. The molecule has 4 rings (SSSR count). The number of ketones is 1. The van der Waals surface area contributed by atoms with Crippen molar-refractivity contribution in [2.24, 2.45) is 0 Å². The highest BCUT2D eigenvalue weighted by molar-refractivity contribution is 5.96.